The molecule has 154 valence electrons. The fraction of sp³-hybridized carbons (Fsp3) is 0.905. The molecule has 0 aliphatic rings. The van der Waals surface area contributed by atoms with Gasteiger partial charge in [-0.2, -0.15) is 0 Å². The molecule has 0 aromatic heterocycles. The Hall–Kier alpha value is -0.940. The summed E-state index contributed by atoms with van der Waals surface area (Å²) in [7, 11) is 0. The van der Waals surface area contributed by atoms with Crippen molar-refractivity contribution in [1.82, 2.24) is 5.32 Å². The molecule has 0 heterocycles. The first-order chi connectivity index (χ1) is 12.7. The summed E-state index contributed by atoms with van der Waals surface area (Å²) in [5.74, 6) is -0.968. The van der Waals surface area contributed by atoms with Crippen LogP contribution < -0.4 is 5.32 Å². The molecule has 0 aromatic rings. The van der Waals surface area contributed by atoms with Gasteiger partial charge in [0.1, 0.15) is 0 Å². The topological polar surface area (TPSA) is 75.6 Å². The van der Waals surface area contributed by atoms with Crippen LogP contribution in [0.4, 0.5) is 0 Å². The van der Waals surface area contributed by atoms with E-state index in [1.807, 2.05) is 0 Å². The molecule has 0 rings (SSSR count). The van der Waals surface area contributed by atoms with Crippen LogP contribution in [0.25, 0.3) is 0 Å². The lowest BCUT2D eigenvalue weighted by Crippen LogP contribution is -2.27. The van der Waals surface area contributed by atoms with Gasteiger partial charge in [0.05, 0.1) is 6.54 Å². The Morgan fingerprint density at radius 1 is 0.731 bits per heavy atom. The van der Waals surface area contributed by atoms with E-state index in [9.17, 15) is 9.59 Å². The maximum Gasteiger partial charge on any atom is 0.327 e. The zero-order chi connectivity index (χ0) is 19.3. The Labute approximate surface area is 160 Å². The highest BCUT2D eigenvalue weighted by Crippen LogP contribution is 2.13. The second-order valence-electron chi connectivity index (χ2n) is 7.09. The lowest BCUT2D eigenvalue weighted by molar-refractivity contribution is -0.159. The Balaban J connectivity index is 3.26. The fourth-order valence-corrected chi connectivity index (χ4v) is 2.90. The number of esters is 2. The van der Waals surface area contributed by atoms with Crippen LogP contribution in [-0.4, -0.2) is 36.7 Å². The van der Waals surface area contributed by atoms with Crippen LogP contribution in [0, 0.1) is 0 Å². The van der Waals surface area contributed by atoms with Crippen LogP contribution in [0.5, 0.6) is 0 Å². The van der Waals surface area contributed by atoms with E-state index in [1.54, 1.807) is 0 Å². The summed E-state index contributed by atoms with van der Waals surface area (Å²) in [4.78, 5) is 22.9. The molecule has 0 aliphatic heterocycles. The molecule has 5 nitrogen and oxygen atoms in total. The molecule has 26 heavy (non-hydrogen) atoms. The van der Waals surface area contributed by atoms with Crippen molar-refractivity contribution in [3.8, 4) is 0 Å². The van der Waals surface area contributed by atoms with E-state index in [0.717, 1.165) is 19.3 Å². The highest BCUT2D eigenvalue weighted by atomic mass is 16.6. The van der Waals surface area contributed by atoms with E-state index in [1.165, 1.54) is 64.2 Å². The molecule has 0 saturated heterocycles. The molecule has 5 heteroatoms. The van der Waals surface area contributed by atoms with Gasteiger partial charge >= 0.3 is 11.9 Å². The minimum atomic E-state index is -0.539. The van der Waals surface area contributed by atoms with Crippen LogP contribution in [0.3, 0.4) is 0 Å². The van der Waals surface area contributed by atoms with Crippen molar-refractivity contribution in [2.45, 2.75) is 103 Å². The molecular weight excluding hydrogens is 330 g/mol. The van der Waals surface area contributed by atoms with Gasteiger partial charge in [0, 0.05) is 13.0 Å². The van der Waals surface area contributed by atoms with E-state index < -0.39 is 11.9 Å². The number of hydrogen-bond acceptors (Lipinski definition) is 5. The lowest BCUT2D eigenvalue weighted by atomic mass is 10.0. The molecule has 0 aromatic carbocycles. The molecule has 0 amide bonds. The molecule has 0 radical (unpaired) electrons. The predicted octanol–water partition coefficient (Wildman–Crippen LogP) is 4.51. The van der Waals surface area contributed by atoms with Crippen LogP contribution >= 0.6 is 0 Å². The zero-order valence-electron chi connectivity index (χ0n) is 16.9. The second-order valence-corrected chi connectivity index (χ2v) is 7.09. The maximum atomic E-state index is 11.5. The van der Waals surface area contributed by atoms with E-state index in [2.05, 4.69) is 12.2 Å². The summed E-state index contributed by atoms with van der Waals surface area (Å²) in [6.45, 7) is 2.89. The Morgan fingerprint density at radius 2 is 1.23 bits per heavy atom. The average Bonchev–Trinajstić information content (AvgIpc) is 2.62. The first kappa shape index (κ1) is 25.1. The summed E-state index contributed by atoms with van der Waals surface area (Å²) in [5.41, 5.74) is 0. The number of aliphatic hydroxyl groups excluding tert-OH is 1. The molecule has 0 fully saturated rings. The number of ether oxygens (including phenoxy) is 1. The fourth-order valence-electron chi connectivity index (χ4n) is 2.90. The summed E-state index contributed by atoms with van der Waals surface area (Å²) in [5, 5.41) is 11.4. The molecule has 0 atom stereocenters. The summed E-state index contributed by atoms with van der Waals surface area (Å²) in [6.07, 6.45) is 17.3. The average molecular weight is 372 g/mol. The van der Waals surface area contributed by atoms with Crippen molar-refractivity contribution >= 4 is 11.9 Å². The second kappa shape index (κ2) is 20.4. The molecule has 0 saturated carbocycles. The smallest absolute Gasteiger partial charge is 0.327 e. The highest BCUT2D eigenvalue weighted by Gasteiger charge is 2.09. The predicted molar refractivity (Wildman–Crippen MR) is 106 cm³/mol. The number of carbonyl (C=O) groups excluding carboxylic acids is 2. The van der Waals surface area contributed by atoms with Gasteiger partial charge in [-0.3, -0.25) is 9.59 Å². The van der Waals surface area contributed by atoms with Gasteiger partial charge in [-0.05, 0) is 19.4 Å². The summed E-state index contributed by atoms with van der Waals surface area (Å²) in [6, 6.07) is 0. The molecule has 0 unspecified atom stereocenters. The third kappa shape index (κ3) is 19.4. The Bertz CT molecular complexity index is 334. The van der Waals surface area contributed by atoms with E-state index in [0.29, 0.717) is 19.4 Å². The third-order valence-electron chi connectivity index (χ3n) is 4.49. The molecule has 2 N–H and O–H groups in total. The quantitative estimate of drug-likeness (QED) is 0.198. The number of aliphatic hydroxyl groups is 1. The molecular formula is C21H41NO4. The molecule has 0 spiro atoms. The first-order valence-electron chi connectivity index (χ1n) is 10.8. The van der Waals surface area contributed by atoms with Crippen LogP contribution in [0.1, 0.15) is 103 Å². The van der Waals surface area contributed by atoms with Crippen molar-refractivity contribution in [2.24, 2.45) is 0 Å². The minimum Gasteiger partial charge on any atom is -0.396 e. The Kier molecular flexibility index (Phi) is 19.6. The van der Waals surface area contributed by atoms with Gasteiger partial charge in [-0.1, -0.05) is 84.0 Å². The van der Waals surface area contributed by atoms with E-state index >= 15 is 0 Å². The monoisotopic (exact) mass is 371 g/mol. The van der Waals surface area contributed by atoms with Gasteiger partial charge in [0.15, 0.2) is 0 Å². The number of carbonyl (C=O) groups is 2. The number of unbranched alkanes of at least 4 members (excludes halogenated alkanes) is 12. The van der Waals surface area contributed by atoms with Gasteiger partial charge in [0.25, 0.3) is 0 Å². The first-order valence-corrected chi connectivity index (χ1v) is 10.8. The highest BCUT2D eigenvalue weighted by molar-refractivity contribution is 5.86. The van der Waals surface area contributed by atoms with Crippen molar-refractivity contribution in [3.05, 3.63) is 0 Å². The molecule has 0 bridgehead atoms. The van der Waals surface area contributed by atoms with Crippen LogP contribution in [0.2, 0.25) is 0 Å². The maximum absolute atomic E-state index is 11.5. The van der Waals surface area contributed by atoms with Crippen molar-refractivity contribution in [3.63, 3.8) is 0 Å². The van der Waals surface area contributed by atoms with Gasteiger partial charge < -0.3 is 15.2 Å². The largest absolute Gasteiger partial charge is 0.396 e. The number of rotatable bonds is 19. The van der Waals surface area contributed by atoms with Gasteiger partial charge in [0.2, 0.25) is 0 Å². The van der Waals surface area contributed by atoms with Crippen LogP contribution in [0.15, 0.2) is 0 Å². The summed E-state index contributed by atoms with van der Waals surface area (Å²) >= 11 is 0. The standard InChI is InChI=1S/C21H41NO4/c1-2-3-4-5-6-7-8-9-10-11-12-13-14-16-20(24)26-21(25)19-22-17-15-18-23/h22-23H,2-19H2,1H3. The SMILES string of the molecule is CCCCCCCCCCCCCCCC(=O)OC(=O)CNCCCO. The number of nitrogens with one attached hydrogen (secondary N) is 1. The van der Waals surface area contributed by atoms with Gasteiger partial charge in [-0.15, -0.1) is 0 Å². The van der Waals surface area contributed by atoms with Crippen LogP contribution in [-0.2, 0) is 14.3 Å². The minimum absolute atomic E-state index is 0.0182. The van der Waals surface area contributed by atoms with Gasteiger partial charge in [-0.25, -0.2) is 0 Å². The summed E-state index contributed by atoms with van der Waals surface area (Å²) < 4.78 is 4.73. The van der Waals surface area contributed by atoms with E-state index in [4.69, 9.17) is 9.84 Å². The Morgan fingerprint density at radius 3 is 1.73 bits per heavy atom. The number of hydrogen-bond donors (Lipinski definition) is 2. The van der Waals surface area contributed by atoms with Crippen molar-refractivity contribution < 1.29 is 19.4 Å². The van der Waals surface area contributed by atoms with Crippen molar-refractivity contribution in [2.75, 3.05) is 19.7 Å². The third-order valence-corrected chi connectivity index (χ3v) is 4.49. The lowest BCUT2D eigenvalue weighted by Gasteiger charge is -2.05. The van der Waals surface area contributed by atoms with Crippen molar-refractivity contribution in [1.29, 1.82) is 0 Å². The molecule has 0 aliphatic carbocycles. The van der Waals surface area contributed by atoms with E-state index in [-0.39, 0.29) is 13.2 Å². The zero-order valence-corrected chi connectivity index (χ0v) is 16.9. The normalized spacial score (nSPS) is 10.8.